The second-order valence-electron chi connectivity index (χ2n) is 6.98. The number of hydrogen-bond donors (Lipinski definition) is 1. The molecule has 0 aromatic heterocycles. The Kier molecular flexibility index (Phi) is 6.03. The van der Waals surface area contributed by atoms with Crippen LogP contribution in [0.1, 0.15) is 32.6 Å². The Balaban J connectivity index is 1.76. The Morgan fingerprint density at radius 3 is 2.15 bits per heavy atom. The largest absolute Gasteiger partial charge is 0.379 e. The zero-order chi connectivity index (χ0) is 18.8. The summed E-state index contributed by atoms with van der Waals surface area (Å²) in [6.45, 7) is 3.42. The Morgan fingerprint density at radius 1 is 0.962 bits per heavy atom. The van der Waals surface area contributed by atoms with Gasteiger partial charge in [0.1, 0.15) is 0 Å². The molecule has 1 aromatic rings. The minimum atomic E-state index is -3.66. The van der Waals surface area contributed by atoms with Crippen LogP contribution in [0.5, 0.6) is 0 Å². The third-order valence-corrected chi connectivity index (χ3v) is 8.58. The molecule has 0 spiro atoms. The molecule has 2 aliphatic rings. The fraction of sp³-hybridized carbons (Fsp3) is 0.647. The second-order valence-corrected chi connectivity index (χ2v) is 10.6. The fourth-order valence-corrected chi connectivity index (χ4v) is 6.27. The highest BCUT2D eigenvalue weighted by Crippen LogP contribution is 2.26. The fourth-order valence-electron chi connectivity index (χ4n) is 3.49. The van der Waals surface area contributed by atoms with Gasteiger partial charge in [-0.3, -0.25) is 0 Å². The lowest BCUT2D eigenvalue weighted by molar-refractivity contribution is 0.0730. The highest BCUT2D eigenvalue weighted by molar-refractivity contribution is 7.89. The first-order valence-corrected chi connectivity index (χ1v) is 11.9. The van der Waals surface area contributed by atoms with Gasteiger partial charge in [0.15, 0.2) is 0 Å². The molecule has 7 nitrogen and oxygen atoms in total. The molecule has 26 heavy (non-hydrogen) atoms. The number of sulfonamides is 2. The molecule has 2 atom stereocenters. The van der Waals surface area contributed by atoms with Crippen molar-refractivity contribution >= 4 is 20.0 Å². The third kappa shape index (κ3) is 4.28. The molecule has 1 aromatic carbocycles. The molecule has 1 saturated heterocycles. The van der Waals surface area contributed by atoms with E-state index in [1.54, 1.807) is 0 Å². The molecule has 1 aliphatic heterocycles. The van der Waals surface area contributed by atoms with Crippen LogP contribution in [0, 0.1) is 5.92 Å². The predicted octanol–water partition coefficient (Wildman–Crippen LogP) is 1.56. The number of rotatable bonds is 5. The second kappa shape index (κ2) is 7.93. The van der Waals surface area contributed by atoms with E-state index in [2.05, 4.69) is 11.6 Å². The molecule has 1 saturated carbocycles. The van der Waals surface area contributed by atoms with Crippen molar-refractivity contribution in [1.82, 2.24) is 9.03 Å². The number of hydrogen-bond acceptors (Lipinski definition) is 5. The average molecular weight is 403 g/mol. The van der Waals surface area contributed by atoms with Gasteiger partial charge in [0.05, 0.1) is 23.0 Å². The van der Waals surface area contributed by atoms with Crippen LogP contribution in [0.3, 0.4) is 0 Å². The molecule has 0 bridgehead atoms. The van der Waals surface area contributed by atoms with Gasteiger partial charge in [0.25, 0.3) is 0 Å². The van der Waals surface area contributed by atoms with Crippen LogP contribution in [0.25, 0.3) is 0 Å². The van der Waals surface area contributed by atoms with Crippen molar-refractivity contribution in [2.24, 2.45) is 5.92 Å². The van der Waals surface area contributed by atoms with Crippen LogP contribution < -0.4 is 4.72 Å². The molecule has 146 valence electrons. The normalized spacial score (nSPS) is 25.9. The molecule has 3 rings (SSSR count). The molecule has 2 fully saturated rings. The van der Waals surface area contributed by atoms with Crippen molar-refractivity contribution in [1.29, 1.82) is 0 Å². The van der Waals surface area contributed by atoms with Gasteiger partial charge in [-0.05, 0) is 43.0 Å². The Bertz CT molecular complexity index is 815. The van der Waals surface area contributed by atoms with Gasteiger partial charge in [-0.25, -0.2) is 21.6 Å². The molecule has 1 N–H and O–H groups in total. The first-order chi connectivity index (χ1) is 12.3. The van der Waals surface area contributed by atoms with Crippen LogP contribution >= 0.6 is 0 Å². The van der Waals surface area contributed by atoms with E-state index in [1.165, 1.54) is 28.6 Å². The summed E-state index contributed by atoms with van der Waals surface area (Å²) in [5, 5.41) is 0. The van der Waals surface area contributed by atoms with Crippen LogP contribution in [-0.4, -0.2) is 53.5 Å². The van der Waals surface area contributed by atoms with Gasteiger partial charge in [-0.2, -0.15) is 4.31 Å². The number of nitrogens with one attached hydrogen (secondary N) is 1. The van der Waals surface area contributed by atoms with Crippen LogP contribution in [0.15, 0.2) is 34.1 Å². The number of morpholine rings is 1. The van der Waals surface area contributed by atoms with Gasteiger partial charge >= 0.3 is 0 Å². The molecule has 0 radical (unpaired) electrons. The summed E-state index contributed by atoms with van der Waals surface area (Å²) in [6.07, 6.45) is 4.01. The summed E-state index contributed by atoms with van der Waals surface area (Å²) < 4.78 is 59.8. The average Bonchev–Trinajstić information content (AvgIpc) is 2.64. The summed E-state index contributed by atoms with van der Waals surface area (Å²) in [7, 11) is -7.28. The molecule has 1 heterocycles. The standard InChI is InChI=1S/C17H26N2O5S2/c1-14-4-2-3-5-17(14)18-25(20,21)15-6-8-16(9-7-15)26(22,23)19-10-12-24-13-11-19/h6-9,14,17-18H,2-5,10-13H2,1H3. The number of benzene rings is 1. The van der Waals surface area contributed by atoms with E-state index in [1.807, 2.05) is 0 Å². The van der Waals surface area contributed by atoms with Crippen LogP contribution in [0.4, 0.5) is 0 Å². The Morgan fingerprint density at radius 2 is 1.54 bits per heavy atom. The van der Waals surface area contributed by atoms with Crippen molar-refractivity contribution in [3.8, 4) is 0 Å². The lowest BCUT2D eigenvalue weighted by atomic mass is 9.87. The summed E-state index contributed by atoms with van der Waals surface area (Å²) >= 11 is 0. The van der Waals surface area contributed by atoms with Crippen molar-refractivity contribution in [3.63, 3.8) is 0 Å². The van der Waals surface area contributed by atoms with Gasteiger partial charge in [0, 0.05) is 19.1 Å². The topological polar surface area (TPSA) is 92.8 Å². The zero-order valence-electron chi connectivity index (χ0n) is 14.9. The van der Waals surface area contributed by atoms with E-state index >= 15 is 0 Å². The van der Waals surface area contributed by atoms with E-state index in [0.717, 1.165) is 25.7 Å². The highest BCUT2D eigenvalue weighted by Gasteiger charge is 2.29. The predicted molar refractivity (Wildman–Crippen MR) is 97.8 cm³/mol. The lowest BCUT2D eigenvalue weighted by Crippen LogP contribution is -2.41. The maximum Gasteiger partial charge on any atom is 0.243 e. The molecule has 1 aliphatic carbocycles. The lowest BCUT2D eigenvalue weighted by Gasteiger charge is -2.29. The Labute approximate surface area is 155 Å². The SMILES string of the molecule is CC1CCCCC1NS(=O)(=O)c1ccc(S(=O)(=O)N2CCOCC2)cc1. The molecular formula is C17H26N2O5S2. The maximum atomic E-state index is 12.6. The molecule has 0 amide bonds. The quantitative estimate of drug-likeness (QED) is 0.807. The molecule has 9 heteroatoms. The van der Waals surface area contributed by atoms with Gasteiger partial charge in [-0.15, -0.1) is 0 Å². The highest BCUT2D eigenvalue weighted by atomic mass is 32.2. The molecular weight excluding hydrogens is 376 g/mol. The van der Waals surface area contributed by atoms with E-state index in [4.69, 9.17) is 4.74 Å². The summed E-state index contributed by atoms with van der Waals surface area (Å²) in [4.78, 5) is 0.195. The van der Waals surface area contributed by atoms with Crippen molar-refractivity contribution in [3.05, 3.63) is 24.3 Å². The smallest absolute Gasteiger partial charge is 0.243 e. The van der Waals surface area contributed by atoms with E-state index in [0.29, 0.717) is 32.2 Å². The van der Waals surface area contributed by atoms with Crippen LogP contribution in [0.2, 0.25) is 0 Å². The van der Waals surface area contributed by atoms with Crippen LogP contribution in [-0.2, 0) is 24.8 Å². The summed E-state index contributed by atoms with van der Waals surface area (Å²) in [5.41, 5.74) is 0. The monoisotopic (exact) mass is 402 g/mol. The van der Waals surface area contributed by atoms with E-state index in [-0.39, 0.29) is 15.8 Å². The maximum absolute atomic E-state index is 12.6. The van der Waals surface area contributed by atoms with E-state index < -0.39 is 20.0 Å². The minimum Gasteiger partial charge on any atom is -0.379 e. The first kappa shape index (κ1) is 19.8. The zero-order valence-corrected chi connectivity index (χ0v) is 16.6. The summed E-state index contributed by atoms with van der Waals surface area (Å²) in [6, 6.07) is 5.39. The number of ether oxygens (including phenoxy) is 1. The van der Waals surface area contributed by atoms with Gasteiger partial charge in [-0.1, -0.05) is 19.8 Å². The third-order valence-electron chi connectivity index (χ3n) is 5.16. The van der Waals surface area contributed by atoms with Crippen molar-refractivity contribution in [2.45, 2.75) is 48.4 Å². The summed E-state index contributed by atoms with van der Waals surface area (Å²) in [5.74, 6) is 0.305. The van der Waals surface area contributed by atoms with Gasteiger partial charge in [0.2, 0.25) is 20.0 Å². The van der Waals surface area contributed by atoms with Crippen molar-refractivity contribution < 1.29 is 21.6 Å². The number of nitrogens with zero attached hydrogens (tertiary/aromatic N) is 1. The minimum absolute atomic E-state index is 0.0643. The van der Waals surface area contributed by atoms with Gasteiger partial charge < -0.3 is 4.74 Å². The molecule has 2 unspecified atom stereocenters. The first-order valence-electron chi connectivity index (χ1n) is 9.01. The van der Waals surface area contributed by atoms with Crippen molar-refractivity contribution in [2.75, 3.05) is 26.3 Å². The van der Waals surface area contributed by atoms with E-state index in [9.17, 15) is 16.8 Å². The Hall–Kier alpha value is -1.00.